The Labute approximate surface area is 117 Å². The third-order valence-electron chi connectivity index (χ3n) is 3.20. The fourth-order valence-corrected chi connectivity index (χ4v) is 2.16. The van der Waals surface area contributed by atoms with Gasteiger partial charge in [-0.25, -0.2) is 0 Å². The Morgan fingerprint density at radius 3 is 2.70 bits per heavy atom. The smallest absolute Gasteiger partial charge is 0.0991 e. The van der Waals surface area contributed by atoms with Crippen LogP contribution in [0.1, 0.15) is 11.1 Å². The zero-order chi connectivity index (χ0) is 13.8. The van der Waals surface area contributed by atoms with Crippen LogP contribution in [0.2, 0.25) is 0 Å². The van der Waals surface area contributed by atoms with Crippen molar-refractivity contribution in [2.24, 2.45) is 0 Å². The van der Waals surface area contributed by atoms with Gasteiger partial charge in [0, 0.05) is 23.8 Å². The first-order valence-corrected chi connectivity index (χ1v) is 6.43. The number of benzene rings is 2. The van der Waals surface area contributed by atoms with Crippen LogP contribution in [0.3, 0.4) is 0 Å². The minimum absolute atomic E-state index is 0.647. The van der Waals surface area contributed by atoms with Gasteiger partial charge in [0.2, 0.25) is 0 Å². The molecule has 1 N–H and O–H groups in total. The molecule has 0 radical (unpaired) electrons. The molecule has 0 saturated heterocycles. The number of pyridine rings is 1. The molecular weight excluding hydrogens is 246 g/mol. The molecule has 1 aromatic heterocycles. The second kappa shape index (κ2) is 5.41. The number of nitrogens with one attached hydrogen (secondary N) is 1. The minimum atomic E-state index is 0.647. The molecule has 3 aromatic rings. The molecule has 0 bridgehead atoms. The third-order valence-corrected chi connectivity index (χ3v) is 3.20. The maximum absolute atomic E-state index is 9.01. The number of nitriles is 1. The number of hydrogen-bond acceptors (Lipinski definition) is 3. The standard InChI is InChI=1S/C17H13N3/c18-11-14-6-7-16-15(10-14)17(8-9-19-16)20-12-13-4-2-1-3-5-13/h1-10H,12H2,(H,19,20). The third kappa shape index (κ3) is 2.45. The number of hydrogen-bond donors (Lipinski definition) is 1. The van der Waals surface area contributed by atoms with Crippen molar-refractivity contribution < 1.29 is 0 Å². The van der Waals surface area contributed by atoms with Gasteiger partial charge in [-0.2, -0.15) is 5.26 Å². The summed E-state index contributed by atoms with van der Waals surface area (Å²) in [5.74, 6) is 0. The molecule has 3 rings (SSSR count). The Balaban J connectivity index is 1.93. The van der Waals surface area contributed by atoms with E-state index in [9.17, 15) is 0 Å². The van der Waals surface area contributed by atoms with Gasteiger partial charge in [-0.1, -0.05) is 30.3 Å². The van der Waals surface area contributed by atoms with E-state index in [0.29, 0.717) is 5.56 Å². The summed E-state index contributed by atoms with van der Waals surface area (Å²) in [5.41, 5.74) is 3.75. The van der Waals surface area contributed by atoms with Gasteiger partial charge in [-0.3, -0.25) is 4.98 Å². The van der Waals surface area contributed by atoms with E-state index in [4.69, 9.17) is 5.26 Å². The van der Waals surface area contributed by atoms with Gasteiger partial charge in [0.15, 0.2) is 0 Å². The first-order chi connectivity index (χ1) is 9.86. The topological polar surface area (TPSA) is 48.7 Å². The molecule has 0 aliphatic rings. The van der Waals surface area contributed by atoms with Gasteiger partial charge in [0.25, 0.3) is 0 Å². The molecule has 3 heteroatoms. The highest BCUT2D eigenvalue weighted by atomic mass is 14.9. The van der Waals surface area contributed by atoms with Crippen LogP contribution in [0.15, 0.2) is 60.8 Å². The van der Waals surface area contributed by atoms with Gasteiger partial charge in [0.1, 0.15) is 0 Å². The van der Waals surface area contributed by atoms with E-state index >= 15 is 0 Å². The summed E-state index contributed by atoms with van der Waals surface area (Å²) < 4.78 is 0. The fourth-order valence-electron chi connectivity index (χ4n) is 2.16. The van der Waals surface area contributed by atoms with E-state index in [2.05, 4.69) is 28.5 Å². The molecule has 1 heterocycles. The first-order valence-electron chi connectivity index (χ1n) is 6.43. The Morgan fingerprint density at radius 2 is 1.90 bits per heavy atom. The number of nitrogens with zero attached hydrogens (tertiary/aromatic N) is 2. The molecule has 2 aromatic carbocycles. The van der Waals surface area contributed by atoms with Crippen LogP contribution in [0.4, 0.5) is 5.69 Å². The highest BCUT2D eigenvalue weighted by Crippen LogP contribution is 2.23. The molecule has 96 valence electrons. The number of rotatable bonds is 3. The van der Waals surface area contributed by atoms with Crippen molar-refractivity contribution in [3.63, 3.8) is 0 Å². The predicted octanol–water partition coefficient (Wildman–Crippen LogP) is 3.72. The minimum Gasteiger partial charge on any atom is -0.380 e. The largest absolute Gasteiger partial charge is 0.380 e. The fraction of sp³-hybridized carbons (Fsp3) is 0.0588. The maximum Gasteiger partial charge on any atom is 0.0991 e. The normalized spacial score (nSPS) is 10.2. The Hall–Kier alpha value is -2.86. The van der Waals surface area contributed by atoms with Crippen molar-refractivity contribution in [2.45, 2.75) is 6.54 Å². The lowest BCUT2D eigenvalue weighted by molar-refractivity contribution is 1.15. The van der Waals surface area contributed by atoms with Gasteiger partial charge < -0.3 is 5.32 Å². The second-order valence-corrected chi connectivity index (χ2v) is 4.54. The number of aromatic nitrogens is 1. The molecule has 20 heavy (non-hydrogen) atoms. The predicted molar refractivity (Wildman–Crippen MR) is 80.2 cm³/mol. The summed E-state index contributed by atoms with van der Waals surface area (Å²) in [4.78, 5) is 4.32. The van der Waals surface area contributed by atoms with Gasteiger partial charge in [0.05, 0.1) is 17.1 Å². The van der Waals surface area contributed by atoms with E-state index in [1.165, 1.54) is 5.56 Å². The molecule has 0 atom stereocenters. The van der Waals surface area contributed by atoms with E-state index in [-0.39, 0.29) is 0 Å². The molecule has 0 aliphatic carbocycles. The van der Waals surface area contributed by atoms with E-state index < -0.39 is 0 Å². The van der Waals surface area contributed by atoms with Crippen LogP contribution in [0, 0.1) is 11.3 Å². The van der Waals surface area contributed by atoms with Crippen LogP contribution < -0.4 is 5.32 Å². The lowest BCUT2D eigenvalue weighted by Crippen LogP contribution is -2.00. The molecule has 0 unspecified atom stereocenters. The maximum atomic E-state index is 9.01. The molecule has 0 saturated carbocycles. The summed E-state index contributed by atoms with van der Waals surface area (Å²) in [5, 5.41) is 13.4. The van der Waals surface area contributed by atoms with Crippen molar-refractivity contribution >= 4 is 16.6 Å². The zero-order valence-electron chi connectivity index (χ0n) is 10.9. The molecule has 0 aliphatic heterocycles. The first kappa shape index (κ1) is 12.2. The molecule has 0 spiro atoms. The van der Waals surface area contributed by atoms with Gasteiger partial charge in [-0.15, -0.1) is 0 Å². The number of anilines is 1. The van der Waals surface area contributed by atoms with Crippen molar-refractivity contribution in [3.05, 3.63) is 71.9 Å². The molecule has 3 nitrogen and oxygen atoms in total. The van der Waals surface area contributed by atoms with Crippen LogP contribution in [0.5, 0.6) is 0 Å². The van der Waals surface area contributed by atoms with E-state index in [1.54, 1.807) is 12.3 Å². The average molecular weight is 259 g/mol. The summed E-state index contributed by atoms with van der Waals surface area (Å²) in [7, 11) is 0. The summed E-state index contributed by atoms with van der Waals surface area (Å²) in [6.07, 6.45) is 1.78. The Kier molecular flexibility index (Phi) is 3.30. The van der Waals surface area contributed by atoms with Gasteiger partial charge in [-0.05, 0) is 29.8 Å². The van der Waals surface area contributed by atoms with Crippen LogP contribution in [-0.2, 0) is 6.54 Å². The van der Waals surface area contributed by atoms with Crippen LogP contribution >= 0.6 is 0 Å². The lowest BCUT2D eigenvalue weighted by Gasteiger charge is -2.09. The van der Waals surface area contributed by atoms with E-state index in [0.717, 1.165) is 23.1 Å². The number of fused-ring (bicyclic) bond motifs is 1. The summed E-state index contributed by atoms with van der Waals surface area (Å²) in [6, 6.07) is 19.8. The highest BCUT2D eigenvalue weighted by Gasteiger charge is 2.03. The zero-order valence-corrected chi connectivity index (χ0v) is 10.9. The van der Waals surface area contributed by atoms with Crippen molar-refractivity contribution in [1.82, 2.24) is 4.98 Å². The molecule has 0 amide bonds. The SMILES string of the molecule is N#Cc1ccc2nccc(NCc3ccccc3)c2c1. The lowest BCUT2D eigenvalue weighted by atomic mass is 10.1. The van der Waals surface area contributed by atoms with Gasteiger partial charge >= 0.3 is 0 Å². The average Bonchev–Trinajstić information content (AvgIpc) is 2.53. The van der Waals surface area contributed by atoms with Crippen molar-refractivity contribution in [2.75, 3.05) is 5.32 Å². The summed E-state index contributed by atoms with van der Waals surface area (Å²) in [6.45, 7) is 0.747. The van der Waals surface area contributed by atoms with Crippen LogP contribution in [0.25, 0.3) is 10.9 Å². The second-order valence-electron chi connectivity index (χ2n) is 4.54. The highest BCUT2D eigenvalue weighted by molar-refractivity contribution is 5.91. The van der Waals surface area contributed by atoms with Crippen molar-refractivity contribution in [1.29, 1.82) is 5.26 Å². The summed E-state index contributed by atoms with van der Waals surface area (Å²) >= 11 is 0. The van der Waals surface area contributed by atoms with Crippen molar-refractivity contribution in [3.8, 4) is 6.07 Å². The molecular formula is C17H13N3. The van der Waals surface area contributed by atoms with E-state index in [1.807, 2.05) is 36.4 Å². The monoisotopic (exact) mass is 259 g/mol. The Bertz CT molecular complexity index is 773. The van der Waals surface area contributed by atoms with Crippen LogP contribution in [-0.4, -0.2) is 4.98 Å². The quantitative estimate of drug-likeness (QED) is 0.779. The molecule has 0 fully saturated rings. The Morgan fingerprint density at radius 1 is 1.05 bits per heavy atom.